The Bertz CT molecular complexity index is 1330. The lowest BCUT2D eigenvalue weighted by molar-refractivity contribution is -0.137. The monoisotopic (exact) mass is 546 g/mol. The molecule has 0 aliphatic heterocycles. The number of carbonyl (C=O) groups is 3. The number of amides is 2. The van der Waals surface area contributed by atoms with E-state index in [1.165, 1.54) is 0 Å². The highest BCUT2D eigenvalue weighted by atomic mass is 16.4. The molecule has 2 amide bonds. The summed E-state index contributed by atoms with van der Waals surface area (Å²) in [5, 5.41) is 14.9. The first-order valence-corrected chi connectivity index (χ1v) is 13.4. The molecule has 3 rings (SSSR count). The lowest BCUT2D eigenvalue weighted by atomic mass is 10.0. The smallest absolute Gasteiger partial charge is 0.303 e. The van der Waals surface area contributed by atoms with Crippen LogP contribution in [0.25, 0.3) is 22.5 Å². The summed E-state index contributed by atoms with van der Waals surface area (Å²) in [5.74, 6) is -1.53. The lowest BCUT2D eigenvalue weighted by Gasteiger charge is -2.18. The topological polar surface area (TPSA) is 165 Å². The second-order valence-electron chi connectivity index (χ2n) is 9.71. The molecule has 0 fully saturated rings. The normalized spacial score (nSPS) is 10.8. The van der Waals surface area contributed by atoms with Crippen molar-refractivity contribution in [3.8, 4) is 22.5 Å². The minimum Gasteiger partial charge on any atom is -0.481 e. The van der Waals surface area contributed by atoms with E-state index in [0.717, 1.165) is 16.8 Å². The third kappa shape index (κ3) is 7.95. The molecule has 0 unspecified atom stereocenters. The van der Waals surface area contributed by atoms with Gasteiger partial charge in [-0.05, 0) is 38.7 Å². The molecule has 0 saturated heterocycles. The molecule has 10 heteroatoms. The first-order chi connectivity index (χ1) is 19.2. The van der Waals surface area contributed by atoms with Crippen molar-refractivity contribution in [2.75, 3.05) is 18.4 Å². The van der Waals surface area contributed by atoms with E-state index in [-0.39, 0.29) is 49.6 Å². The molecule has 0 aliphatic carbocycles. The third-order valence-electron chi connectivity index (χ3n) is 6.27. The molecule has 0 aliphatic rings. The zero-order valence-electron chi connectivity index (χ0n) is 23.0. The molecule has 1 aromatic heterocycles. The van der Waals surface area contributed by atoms with E-state index in [9.17, 15) is 14.4 Å². The number of hydrogen-bond acceptors (Lipinski definition) is 4. The second-order valence-corrected chi connectivity index (χ2v) is 9.71. The Labute approximate surface area is 234 Å². The van der Waals surface area contributed by atoms with Gasteiger partial charge >= 0.3 is 5.97 Å². The maximum Gasteiger partial charge on any atom is 0.303 e. The van der Waals surface area contributed by atoms with Gasteiger partial charge in [-0.1, -0.05) is 60.7 Å². The predicted molar refractivity (Wildman–Crippen MR) is 158 cm³/mol. The number of nitrogens with one attached hydrogen (secondary N) is 2. The van der Waals surface area contributed by atoms with Crippen molar-refractivity contribution < 1.29 is 19.5 Å². The summed E-state index contributed by atoms with van der Waals surface area (Å²) in [7, 11) is 0. The summed E-state index contributed by atoms with van der Waals surface area (Å²) < 4.78 is 2.07. The van der Waals surface area contributed by atoms with Crippen molar-refractivity contribution in [1.82, 2.24) is 9.88 Å². The molecule has 0 saturated carbocycles. The van der Waals surface area contributed by atoms with Gasteiger partial charge < -0.3 is 31.8 Å². The van der Waals surface area contributed by atoms with Crippen LogP contribution in [0.5, 0.6) is 0 Å². The van der Waals surface area contributed by atoms with Crippen molar-refractivity contribution in [2.24, 2.45) is 16.5 Å². The van der Waals surface area contributed by atoms with E-state index in [4.69, 9.17) is 16.6 Å². The van der Waals surface area contributed by atoms with Gasteiger partial charge in [0, 0.05) is 37.5 Å². The molecule has 7 N–H and O–H groups in total. The zero-order valence-corrected chi connectivity index (χ0v) is 23.0. The zero-order chi connectivity index (χ0) is 29.1. The third-order valence-corrected chi connectivity index (χ3v) is 6.27. The highest BCUT2D eigenvalue weighted by Crippen LogP contribution is 2.43. The molecule has 212 valence electrons. The SMILES string of the molecule is CC(C)n1c(-c2ccccc2)c(NC(=O)CCCCN=C(N)N)c(C(=O)NCCCC(=O)O)c1-c1ccccc1. The van der Waals surface area contributed by atoms with Gasteiger partial charge in [0.25, 0.3) is 5.91 Å². The fourth-order valence-electron chi connectivity index (χ4n) is 4.54. The second kappa shape index (κ2) is 14.5. The van der Waals surface area contributed by atoms with Crippen LogP contribution < -0.4 is 22.1 Å². The number of nitrogens with two attached hydrogens (primary N) is 2. The van der Waals surface area contributed by atoms with Crippen LogP contribution in [-0.2, 0) is 9.59 Å². The Hall–Kier alpha value is -4.60. The molecule has 40 heavy (non-hydrogen) atoms. The predicted octanol–water partition coefficient (Wildman–Crippen LogP) is 4.38. The number of carboxylic acid groups (broad SMARTS) is 1. The molecular weight excluding hydrogens is 508 g/mol. The first-order valence-electron chi connectivity index (χ1n) is 13.4. The van der Waals surface area contributed by atoms with Crippen molar-refractivity contribution in [2.45, 2.75) is 52.0 Å². The summed E-state index contributed by atoms with van der Waals surface area (Å²) in [6.45, 7) is 4.67. The number of rotatable bonds is 14. The van der Waals surface area contributed by atoms with E-state index in [0.29, 0.717) is 36.3 Å². The molecule has 3 aromatic rings. The number of carbonyl (C=O) groups excluding carboxylic acids is 2. The summed E-state index contributed by atoms with van der Waals surface area (Å²) >= 11 is 0. The van der Waals surface area contributed by atoms with E-state index in [2.05, 4.69) is 20.2 Å². The fourth-order valence-corrected chi connectivity index (χ4v) is 4.54. The van der Waals surface area contributed by atoms with Crippen LogP contribution >= 0.6 is 0 Å². The van der Waals surface area contributed by atoms with Crippen molar-refractivity contribution >= 4 is 29.4 Å². The number of hydrogen-bond donors (Lipinski definition) is 5. The molecule has 2 aromatic carbocycles. The van der Waals surface area contributed by atoms with Crippen molar-refractivity contribution in [1.29, 1.82) is 0 Å². The number of benzene rings is 2. The van der Waals surface area contributed by atoms with Crippen LogP contribution in [0.4, 0.5) is 5.69 Å². The summed E-state index contributed by atoms with van der Waals surface area (Å²) in [6, 6.07) is 19.1. The molecule has 1 heterocycles. The van der Waals surface area contributed by atoms with Crippen LogP contribution in [0.15, 0.2) is 65.7 Å². The van der Waals surface area contributed by atoms with Gasteiger partial charge in [-0.2, -0.15) is 0 Å². The Balaban J connectivity index is 2.12. The number of nitrogens with zero attached hydrogens (tertiary/aromatic N) is 2. The van der Waals surface area contributed by atoms with Crippen LogP contribution in [-0.4, -0.2) is 46.5 Å². The molecule has 0 radical (unpaired) electrons. The fraction of sp³-hybridized carbons (Fsp3) is 0.333. The van der Waals surface area contributed by atoms with E-state index < -0.39 is 5.97 Å². The van der Waals surface area contributed by atoms with E-state index >= 15 is 0 Å². The number of aliphatic carboxylic acids is 1. The van der Waals surface area contributed by atoms with Crippen LogP contribution in [0, 0.1) is 0 Å². The van der Waals surface area contributed by atoms with Crippen LogP contribution in [0.3, 0.4) is 0 Å². The summed E-state index contributed by atoms with van der Waals surface area (Å²) in [4.78, 5) is 42.0. The number of aliphatic imine (C=N–C) groups is 1. The van der Waals surface area contributed by atoms with Crippen LogP contribution in [0.1, 0.15) is 62.4 Å². The van der Waals surface area contributed by atoms with Crippen molar-refractivity contribution in [3.05, 3.63) is 66.2 Å². The maximum atomic E-state index is 13.8. The molecule has 0 bridgehead atoms. The molecule has 10 nitrogen and oxygen atoms in total. The largest absolute Gasteiger partial charge is 0.481 e. The Kier molecular flexibility index (Phi) is 10.9. The lowest BCUT2D eigenvalue weighted by Crippen LogP contribution is -2.26. The average molecular weight is 547 g/mol. The molecule has 0 spiro atoms. The van der Waals surface area contributed by atoms with Gasteiger partial charge in [-0.3, -0.25) is 19.4 Å². The number of anilines is 1. The summed E-state index contributed by atoms with van der Waals surface area (Å²) in [5.41, 5.74) is 14.6. The Morgan fingerprint density at radius 2 is 1.48 bits per heavy atom. The van der Waals surface area contributed by atoms with E-state index in [1.54, 1.807) is 0 Å². The first kappa shape index (κ1) is 29.9. The van der Waals surface area contributed by atoms with Crippen LogP contribution in [0.2, 0.25) is 0 Å². The number of unbranched alkanes of at least 4 members (excludes halogenated alkanes) is 1. The quantitative estimate of drug-likeness (QED) is 0.114. The average Bonchev–Trinajstić information content (AvgIpc) is 3.26. The van der Waals surface area contributed by atoms with E-state index in [1.807, 2.05) is 74.5 Å². The van der Waals surface area contributed by atoms with Gasteiger partial charge in [0.1, 0.15) is 0 Å². The number of carboxylic acids is 1. The standard InChI is InChI=1S/C30H38N6O4/c1-20(2)36-27(21-12-5-3-6-13-21)25(29(40)33-19-11-17-24(38)39)26(28(36)22-14-7-4-8-15-22)35-23(37)16-9-10-18-34-30(31)32/h3-8,12-15,20H,9-11,16-19H2,1-2H3,(H,33,40)(H,35,37)(H,38,39)(H4,31,32,34). The Morgan fingerprint density at radius 3 is 2.02 bits per heavy atom. The van der Waals surface area contributed by atoms with Gasteiger partial charge in [0.2, 0.25) is 5.91 Å². The van der Waals surface area contributed by atoms with Gasteiger partial charge in [-0.25, -0.2) is 0 Å². The summed E-state index contributed by atoms with van der Waals surface area (Å²) in [6.07, 6.45) is 1.65. The maximum absolute atomic E-state index is 13.8. The molecule has 0 atom stereocenters. The number of guanidine groups is 1. The van der Waals surface area contributed by atoms with Gasteiger partial charge in [-0.15, -0.1) is 0 Å². The van der Waals surface area contributed by atoms with Gasteiger partial charge in [0.05, 0.1) is 22.6 Å². The van der Waals surface area contributed by atoms with Crippen molar-refractivity contribution in [3.63, 3.8) is 0 Å². The Morgan fingerprint density at radius 1 is 0.875 bits per heavy atom. The highest BCUT2D eigenvalue weighted by molar-refractivity contribution is 6.12. The number of aromatic nitrogens is 1. The highest BCUT2D eigenvalue weighted by Gasteiger charge is 2.31. The van der Waals surface area contributed by atoms with Gasteiger partial charge in [0.15, 0.2) is 5.96 Å². The minimum absolute atomic E-state index is 0.0134. The minimum atomic E-state index is -0.927. The molecular formula is C30H38N6O4.